The van der Waals surface area contributed by atoms with Crippen LogP contribution >= 0.6 is 11.6 Å². The van der Waals surface area contributed by atoms with Crippen molar-refractivity contribution in [1.29, 1.82) is 0 Å². The van der Waals surface area contributed by atoms with Crippen LogP contribution in [0.4, 0.5) is 0 Å². The van der Waals surface area contributed by atoms with E-state index in [-0.39, 0.29) is 36.0 Å². The molecule has 27 heavy (non-hydrogen) atoms. The van der Waals surface area contributed by atoms with Gasteiger partial charge in [-0.2, -0.15) is 5.10 Å². The fraction of sp³-hybridized carbons (Fsp3) is 0.235. The molecule has 3 heterocycles. The first-order valence-electron chi connectivity index (χ1n) is 7.94. The summed E-state index contributed by atoms with van der Waals surface area (Å²) in [6.45, 7) is 1.80. The number of carbonyl (C=O) groups excluding carboxylic acids is 1. The molecule has 0 saturated carbocycles. The number of aromatic nitrogens is 5. The minimum atomic E-state index is -1.20. The summed E-state index contributed by atoms with van der Waals surface area (Å²) < 4.78 is 3.50. The summed E-state index contributed by atoms with van der Waals surface area (Å²) >= 11 is 6.00. The molecule has 1 aliphatic rings. The van der Waals surface area contributed by atoms with Crippen molar-refractivity contribution in [2.24, 2.45) is 12.0 Å². The molecular formula is C17H14ClN6NaO2. The first-order valence-corrected chi connectivity index (χ1v) is 8.31. The number of hydrogen-bond acceptors (Lipinski definition) is 6. The molecule has 132 valence electrons. The number of carboxylic acids is 1. The van der Waals surface area contributed by atoms with Crippen LogP contribution in [0.2, 0.25) is 5.02 Å². The van der Waals surface area contributed by atoms with E-state index in [1.54, 1.807) is 34.5 Å². The summed E-state index contributed by atoms with van der Waals surface area (Å²) in [4.78, 5) is 16.0. The van der Waals surface area contributed by atoms with Gasteiger partial charge in [-0.05, 0) is 19.1 Å². The number of nitrogens with zero attached hydrogens (tertiary/aromatic N) is 6. The summed E-state index contributed by atoms with van der Waals surface area (Å²) in [6, 6.07) is 6.48. The molecule has 0 spiro atoms. The van der Waals surface area contributed by atoms with E-state index in [0.29, 0.717) is 22.4 Å². The van der Waals surface area contributed by atoms with Crippen LogP contribution in [0.3, 0.4) is 0 Å². The molecule has 4 rings (SSSR count). The first kappa shape index (κ1) is 19.8. The topological polar surface area (TPSA) is 101 Å². The largest absolute Gasteiger partial charge is 1.00 e. The fourth-order valence-corrected chi connectivity index (χ4v) is 3.27. The Labute approximate surface area is 182 Å². The average Bonchev–Trinajstić information content (AvgIpc) is 3.11. The van der Waals surface area contributed by atoms with Crippen LogP contribution in [0.5, 0.6) is 0 Å². The van der Waals surface area contributed by atoms with Crippen molar-refractivity contribution < 1.29 is 39.5 Å². The molecule has 0 saturated heterocycles. The monoisotopic (exact) mass is 392 g/mol. The van der Waals surface area contributed by atoms with Gasteiger partial charge in [-0.1, -0.05) is 23.7 Å². The van der Waals surface area contributed by atoms with Crippen LogP contribution in [0.1, 0.15) is 35.4 Å². The van der Waals surface area contributed by atoms with E-state index >= 15 is 0 Å². The summed E-state index contributed by atoms with van der Waals surface area (Å²) in [5, 5.41) is 24.5. The normalized spacial score (nSPS) is 15.2. The molecule has 8 nitrogen and oxygen atoms in total. The quantitative estimate of drug-likeness (QED) is 0.480. The molecule has 2 aromatic heterocycles. The van der Waals surface area contributed by atoms with Gasteiger partial charge in [-0.25, -0.2) is 0 Å². The SMILES string of the molecule is Cc1nnc2n1-c1cnn(C)c1C(c1ccc(Cl)cc1)=N[C@H]2CC(=O)[O-].[Na+]. The molecule has 0 bridgehead atoms. The molecule has 3 aromatic rings. The predicted octanol–water partition coefficient (Wildman–Crippen LogP) is -2.00. The summed E-state index contributed by atoms with van der Waals surface area (Å²) in [7, 11) is 1.81. The molecule has 0 aliphatic carbocycles. The van der Waals surface area contributed by atoms with Gasteiger partial charge in [0.15, 0.2) is 5.82 Å². The average molecular weight is 393 g/mol. The number of rotatable bonds is 3. The molecule has 0 radical (unpaired) electrons. The molecule has 0 amide bonds. The third kappa shape index (κ3) is 3.45. The van der Waals surface area contributed by atoms with Crippen LogP contribution in [0, 0.1) is 6.92 Å². The minimum Gasteiger partial charge on any atom is -0.550 e. The van der Waals surface area contributed by atoms with E-state index in [2.05, 4.69) is 15.3 Å². The van der Waals surface area contributed by atoms with Gasteiger partial charge in [0, 0.05) is 30.0 Å². The number of benzene rings is 1. The van der Waals surface area contributed by atoms with Gasteiger partial charge in [0.25, 0.3) is 0 Å². The van der Waals surface area contributed by atoms with Gasteiger partial charge in [0.05, 0.1) is 17.6 Å². The van der Waals surface area contributed by atoms with Crippen LogP contribution < -0.4 is 34.7 Å². The maximum atomic E-state index is 11.3. The maximum absolute atomic E-state index is 11.3. The van der Waals surface area contributed by atoms with Gasteiger partial charge >= 0.3 is 29.6 Å². The smallest absolute Gasteiger partial charge is 0.550 e. The summed E-state index contributed by atoms with van der Waals surface area (Å²) in [6.07, 6.45) is 1.40. The molecular weight excluding hydrogens is 379 g/mol. The van der Waals surface area contributed by atoms with Gasteiger partial charge in [-0.3, -0.25) is 14.2 Å². The Kier molecular flexibility index (Phi) is 5.53. The molecule has 10 heteroatoms. The fourth-order valence-electron chi connectivity index (χ4n) is 3.14. The number of aliphatic imine (C=N–C) groups is 1. The number of carbonyl (C=O) groups is 1. The Hall–Kier alpha value is -2.00. The van der Waals surface area contributed by atoms with E-state index in [1.807, 2.05) is 19.2 Å². The zero-order valence-electron chi connectivity index (χ0n) is 15.0. The Balaban J connectivity index is 0.00000210. The second kappa shape index (κ2) is 7.55. The molecule has 1 aliphatic heterocycles. The standard InChI is InChI=1S/C17H15ClN6O2.Na/c1-9-21-22-17-12(7-14(25)26)20-15(10-3-5-11(18)6-4-10)16-13(24(9)17)8-19-23(16)2;/h3-6,8,12H,7H2,1-2H3,(H,25,26);/q;+1/p-1/t12-;/m0./s1. The first-order chi connectivity index (χ1) is 12.5. The molecule has 0 fully saturated rings. The minimum absolute atomic E-state index is 0. The third-order valence-electron chi connectivity index (χ3n) is 4.30. The van der Waals surface area contributed by atoms with Crippen molar-refractivity contribution >= 4 is 23.3 Å². The zero-order chi connectivity index (χ0) is 18.4. The number of carboxylic acid groups (broad SMARTS) is 1. The van der Waals surface area contributed by atoms with Crippen molar-refractivity contribution in [3.63, 3.8) is 0 Å². The Morgan fingerprint density at radius 2 is 1.96 bits per heavy atom. The van der Waals surface area contributed by atoms with Gasteiger partial charge in [-0.15, -0.1) is 10.2 Å². The Bertz CT molecular complexity index is 1040. The van der Waals surface area contributed by atoms with E-state index in [0.717, 1.165) is 16.9 Å². The number of aryl methyl sites for hydroxylation is 2. The summed E-state index contributed by atoms with van der Waals surface area (Å²) in [5.74, 6) is -0.124. The van der Waals surface area contributed by atoms with Gasteiger partial charge in [0.2, 0.25) is 0 Å². The number of hydrogen-bond donors (Lipinski definition) is 0. The van der Waals surface area contributed by atoms with Crippen LogP contribution in [0.15, 0.2) is 35.5 Å². The molecule has 0 N–H and O–H groups in total. The van der Waals surface area contributed by atoms with Crippen molar-refractivity contribution in [2.75, 3.05) is 0 Å². The van der Waals surface area contributed by atoms with Crippen molar-refractivity contribution in [3.05, 3.63) is 58.4 Å². The Morgan fingerprint density at radius 1 is 1.26 bits per heavy atom. The van der Waals surface area contributed by atoms with Crippen molar-refractivity contribution in [3.8, 4) is 5.69 Å². The van der Waals surface area contributed by atoms with Crippen LogP contribution in [-0.2, 0) is 11.8 Å². The van der Waals surface area contributed by atoms with Crippen molar-refractivity contribution in [1.82, 2.24) is 24.5 Å². The van der Waals surface area contributed by atoms with E-state index in [4.69, 9.17) is 16.6 Å². The van der Waals surface area contributed by atoms with E-state index in [1.165, 1.54) is 0 Å². The molecule has 1 atom stereocenters. The van der Waals surface area contributed by atoms with E-state index in [9.17, 15) is 9.90 Å². The number of halogens is 1. The van der Waals surface area contributed by atoms with E-state index < -0.39 is 12.0 Å². The zero-order valence-corrected chi connectivity index (χ0v) is 17.8. The Morgan fingerprint density at radius 3 is 2.63 bits per heavy atom. The van der Waals surface area contributed by atoms with Gasteiger partial charge in [0.1, 0.15) is 17.6 Å². The second-order valence-corrected chi connectivity index (χ2v) is 6.46. The third-order valence-corrected chi connectivity index (χ3v) is 4.55. The maximum Gasteiger partial charge on any atom is 1.00 e. The van der Waals surface area contributed by atoms with Crippen molar-refractivity contribution in [2.45, 2.75) is 19.4 Å². The van der Waals surface area contributed by atoms with Crippen LogP contribution in [-0.4, -0.2) is 36.2 Å². The number of fused-ring (bicyclic) bond motifs is 3. The van der Waals surface area contributed by atoms with Gasteiger partial charge < -0.3 is 9.90 Å². The second-order valence-electron chi connectivity index (χ2n) is 6.02. The number of aliphatic carboxylic acids is 1. The van der Waals surface area contributed by atoms with Crippen LogP contribution in [0.25, 0.3) is 5.69 Å². The molecule has 1 aromatic carbocycles. The predicted molar refractivity (Wildman–Crippen MR) is 92.3 cm³/mol. The molecule has 0 unspecified atom stereocenters. The summed E-state index contributed by atoms with van der Waals surface area (Å²) in [5.41, 5.74) is 2.92.